The molecule has 26 heavy (non-hydrogen) atoms. The number of rotatable bonds is 6. The van der Waals surface area contributed by atoms with Gasteiger partial charge in [0.1, 0.15) is 5.75 Å². The fourth-order valence-corrected chi connectivity index (χ4v) is 3.11. The van der Waals surface area contributed by atoms with Gasteiger partial charge in [-0.2, -0.15) is 0 Å². The van der Waals surface area contributed by atoms with Crippen molar-refractivity contribution in [3.63, 3.8) is 0 Å². The van der Waals surface area contributed by atoms with E-state index in [1.807, 2.05) is 49.5 Å². The van der Waals surface area contributed by atoms with Crippen LogP contribution in [-0.4, -0.2) is 34.1 Å². The van der Waals surface area contributed by atoms with Gasteiger partial charge in [0.25, 0.3) is 0 Å². The minimum atomic E-state index is 0.532. The maximum atomic E-state index is 5.65. The van der Waals surface area contributed by atoms with Crippen molar-refractivity contribution >= 4 is 22.5 Å². The Labute approximate surface area is 151 Å². The van der Waals surface area contributed by atoms with E-state index in [0.29, 0.717) is 19.7 Å². The summed E-state index contributed by atoms with van der Waals surface area (Å²) in [4.78, 5) is 9.35. The van der Waals surface area contributed by atoms with E-state index in [4.69, 9.17) is 15.5 Å². The topological polar surface area (TPSA) is 77.5 Å². The summed E-state index contributed by atoms with van der Waals surface area (Å²) in [6, 6.07) is 16.1. The van der Waals surface area contributed by atoms with Crippen LogP contribution in [0.2, 0.25) is 0 Å². The SMILES string of the molecule is CCOc1cccc(-c2cnc3c(NCCN)nc4ccccc4n23)c1. The van der Waals surface area contributed by atoms with Gasteiger partial charge in [0.2, 0.25) is 0 Å². The van der Waals surface area contributed by atoms with Crippen molar-refractivity contribution in [3.8, 4) is 17.0 Å². The smallest absolute Gasteiger partial charge is 0.181 e. The highest BCUT2D eigenvalue weighted by Crippen LogP contribution is 2.30. The molecule has 0 aliphatic carbocycles. The number of para-hydroxylation sites is 2. The molecule has 2 aromatic heterocycles. The van der Waals surface area contributed by atoms with Gasteiger partial charge in [-0.3, -0.25) is 4.40 Å². The Bertz CT molecular complexity index is 1060. The first kappa shape index (κ1) is 16.4. The number of nitrogens with two attached hydrogens (primary N) is 1. The molecule has 132 valence electrons. The molecule has 4 aromatic rings. The van der Waals surface area contributed by atoms with Gasteiger partial charge >= 0.3 is 0 Å². The molecule has 0 fully saturated rings. The number of fused-ring (bicyclic) bond motifs is 3. The maximum absolute atomic E-state index is 5.65. The van der Waals surface area contributed by atoms with Crippen LogP contribution in [0.1, 0.15) is 6.92 Å². The number of benzene rings is 2. The molecule has 3 N–H and O–H groups in total. The molecule has 2 heterocycles. The Morgan fingerprint density at radius 1 is 1.15 bits per heavy atom. The molecule has 0 atom stereocenters. The molecule has 0 radical (unpaired) electrons. The number of nitrogens with one attached hydrogen (secondary N) is 1. The van der Waals surface area contributed by atoms with Gasteiger partial charge in [-0.25, -0.2) is 9.97 Å². The fourth-order valence-electron chi connectivity index (χ4n) is 3.11. The number of hydrogen-bond donors (Lipinski definition) is 2. The van der Waals surface area contributed by atoms with Crippen LogP contribution in [0.25, 0.3) is 27.9 Å². The van der Waals surface area contributed by atoms with Gasteiger partial charge in [-0.05, 0) is 31.2 Å². The Balaban J connectivity index is 1.96. The van der Waals surface area contributed by atoms with Crippen molar-refractivity contribution in [2.24, 2.45) is 5.73 Å². The third-order valence-electron chi connectivity index (χ3n) is 4.21. The molecule has 6 nitrogen and oxygen atoms in total. The highest BCUT2D eigenvalue weighted by Gasteiger charge is 2.14. The zero-order valence-corrected chi connectivity index (χ0v) is 14.6. The molecular weight excluding hydrogens is 326 g/mol. The fraction of sp³-hybridized carbons (Fsp3) is 0.200. The van der Waals surface area contributed by atoms with Crippen LogP contribution in [0.3, 0.4) is 0 Å². The minimum Gasteiger partial charge on any atom is -0.494 e. The van der Waals surface area contributed by atoms with E-state index >= 15 is 0 Å². The van der Waals surface area contributed by atoms with Crippen molar-refractivity contribution < 1.29 is 4.74 Å². The summed E-state index contributed by atoms with van der Waals surface area (Å²) in [5, 5.41) is 3.28. The summed E-state index contributed by atoms with van der Waals surface area (Å²) < 4.78 is 7.78. The molecule has 0 bridgehead atoms. The van der Waals surface area contributed by atoms with Crippen LogP contribution in [0, 0.1) is 0 Å². The monoisotopic (exact) mass is 347 g/mol. The highest BCUT2D eigenvalue weighted by molar-refractivity contribution is 5.86. The van der Waals surface area contributed by atoms with Crippen LogP contribution in [0.15, 0.2) is 54.7 Å². The molecule has 6 heteroatoms. The summed E-state index contributed by atoms with van der Waals surface area (Å²) in [6.07, 6.45) is 1.88. The van der Waals surface area contributed by atoms with E-state index in [-0.39, 0.29) is 0 Å². The van der Waals surface area contributed by atoms with Crippen LogP contribution in [0.5, 0.6) is 5.75 Å². The van der Waals surface area contributed by atoms with Gasteiger partial charge in [0, 0.05) is 18.7 Å². The van der Waals surface area contributed by atoms with E-state index in [2.05, 4.69) is 26.8 Å². The minimum absolute atomic E-state index is 0.532. The molecule has 0 spiro atoms. The van der Waals surface area contributed by atoms with Crippen molar-refractivity contribution in [2.75, 3.05) is 25.0 Å². The van der Waals surface area contributed by atoms with Crippen LogP contribution < -0.4 is 15.8 Å². The largest absolute Gasteiger partial charge is 0.494 e. The zero-order valence-electron chi connectivity index (χ0n) is 14.6. The third-order valence-corrected chi connectivity index (χ3v) is 4.21. The van der Waals surface area contributed by atoms with Crippen LogP contribution >= 0.6 is 0 Å². The number of aromatic nitrogens is 3. The number of hydrogen-bond acceptors (Lipinski definition) is 5. The first-order valence-corrected chi connectivity index (χ1v) is 8.75. The summed E-state index contributed by atoms with van der Waals surface area (Å²) in [5.74, 6) is 1.58. The first-order valence-electron chi connectivity index (χ1n) is 8.75. The second-order valence-electron chi connectivity index (χ2n) is 5.93. The van der Waals surface area contributed by atoms with Crippen LogP contribution in [-0.2, 0) is 0 Å². The lowest BCUT2D eigenvalue weighted by Gasteiger charge is -2.11. The lowest BCUT2D eigenvalue weighted by Crippen LogP contribution is -2.15. The molecule has 4 rings (SSSR count). The van der Waals surface area contributed by atoms with Crippen molar-refractivity contribution in [3.05, 3.63) is 54.7 Å². The summed E-state index contributed by atoms with van der Waals surface area (Å²) >= 11 is 0. The number of ether oxygens (including phenoxy) is 1. The standard InChI is InChI=1S/C20H21N5O/c1-2-26-15-7-5-6-14(12-15)18-13-23-20-19(22-11-10-21)24-16-8-3-4-9-17(16)25(18)20/h3-9,12-13H,2,10-11,21H2,1H3,(H,22,24). The Kier molecular flexibility index (Phi) is 4.41. The summed E-state index contributed by atoms with van der Waals surface area (Å²) in [5.41, 5.74) is 10.4. The lowest BCUT2D eigenvalue weighted by atomic mass is 10.1. The van der Waals surface area contributed by atoms with Gasteiger partial charge in [0.15, 0.2) is 11.5 Å². The molecule has 0 aliphatic rings. The number of anilines is 1. The molecule has 0 unspecified atom stereocenters. The number of nitrogens with zero attached hydrogens (tertiary/aromatic N) is 3. The van der Waals surface area contributed by atoms with Crippen LogP contribution in [0.4, 0.5) is 5.82 Å². The average molecular weight is 347 g/mol. The third kappa shape index (κ3) is 2.84. The molecule has 0 amide bonds. The summed E-state index contributed by atoms with van der Waals surface area (Å²) in [7, 11) is 0. The van der Waals surface area contributed by atoms with E-state index in [1.54, 1.807) is 0 Å². The highest BCUT2D eigenvalue weighted by atomic mass is 16.5. The van der Waals surface area contributed by atoms with Gasteiger partial charge in [-0.1, -0.05) is 24.3 Å². The Morgan fingerprint density at radius 2 is 2.04 bits per heavy atom. The predicted molar refractivity (Wildman–Crippen MR) is 105 cm³/mol. The van der Waals surface area contributed by atoms with Gasteiger partial charge < -0.3 is 15.8 Å². The van der Waals surface area contributed by atoms with E-state index in [1.165, 1.54) is 0 Å². The number of imidazole rings is 1. The second kappa shape index (κ2) is 7.01. The van der Waals surface area contributed by atoms with Gasteiger partial charge in [0.05, 0.1) is 29.5 Å². The predicted octanol–water partition coefficient (Wildman–Crippen LogP) is 3.32. The average Bonchev–Trinajstić information content (AvgIpc) is 3.12. The Hall–Kier alpha value is -3.12. The maximum Gasteiger partial charge on any atom is 0.181 e. The molecule has 0 saturated carbocycles. The zero-order chi connectivity index (χ0) is 17.9. The van der Waals surface area contributed by atoms with Crippen molar-refractivity contribution in [1.29, 1.82) is 0 Å². The quantitative estimate of drug-likeness (QED) is 0.559. The lowest BCUT2D eigenvalue weighted by molar-refractivity contribution is 0.340. The summed E-state index contributed by atoms with van der Waals surface area (Å²) in [6.45, 7) is 3.79. The molecular formula is C20H21N5O. The molecule has 0 saturated heterocycles. The molecule has 0 aliphatic heterocycles. The normalized spacial score (nSPS) is 11.2. The van der Waals surface area contributed by atoms with E-state index in [0.717, 1.165) is 39.5 Å². The second-order valence-corrected chi connectivity index (χ2v) is 5.93. The van der Waals surface area contributed by atoms with Crippen molar-refractivity contribution in [1.82, 2.24) is 14.4 Å². The van der Waals surface area contributed by atoms with Gasteiger partial charge in [-0.15, -0.1) is 0 Å². The first-order chi connectivity index (χ1) is 12.8. The Morgan fingerprint density at radius 3 is 2.88 bits per heavy atom. The molecule has 2 aromatic carbocycles. The van der Waals surface area contributed by atoms with E-state index < -0.39 is 0 Å². The van der Waals surface area contributed by atoms with Crippen molar-refractivity contribution in [2.45, 2.75) is 6.92 Å². The van der Waals surface area contributed by atoms with E-state index in [9.17, 15) is 0 Å².